The number of amides is 2. The molecule has 0 aromatic heterocycles. The van der Waals surface area contributed by atoms with Crippen LogP contribution in [0.4, 0.5) is 18.9 Å². The average molecular weight is 596 g/mol. The number of anilines is 1. The number of carbonyl (C=O) groups is 2. The second-order valence-corrected chi connectivity index (χ2v) is 11.3. The van der Waals surface area contributed by atoms with Crippen molar-refractivity contribution in [1.82, 2.24) is 10.2 Å². The summed E-state index contributed by atoms with van der Waals surface area (Å²) in [7, 11) is -4.57. The van der Waals surface area contributed by atoms with Crippen LogP contribution in [-0.2, 0) is 32.3 Å². The lowest BCUT2D eigenvalue weighted by atomic mass is 10.1. The van der Waals surface area contributed by atoms with Crippen LogP contribution in [0.2, 0.25) is 5.02 Å². The van der Waals surface area contributed by atoms with E-state index >= 15 is 0 Å². The van der Waals surface area contributed by atoms with Crippen LogP contribution in [0.1, 0.15) is 30.5 Å². The Morgan fingerprint density at radius 1 is 1.00 bits per heavy atom. The summed E-state index contributed by atoms with van der Waals surface area (Å²) in [4.78, 5) is 27.5. The molecule has 0 fully saturated rings. The Morgan fingerprint density at radius 2 is 1.68 bits per heavy atom. The molecule has 40 heavy (non-hydrogen) atoms. The fourth-order valence-corrected chi connectivity index (χ4v) is 5.74. The number of aryl methyl sites for hydroxylation is 1. The van der Waals surface area contributed by atoms with Crippen LogP contribution in [0, 0.1) is 6.92 Å². The molecular formula is C28H29ClF3N3O4S. The Hall–Kier alpha value is -3.57. The summed E-state index contributed by atoms with van der Waals surface area (Å²) >= 11 is 6.24. The van der Waals surface area contributed by atoms with E-state index in [4.69, 9.17) is 11.6 Å². The van der Waals surface area contributed by atoms with E-state index in [2.05, 4.69) is 5.32 Å². The van der Waals surface area contributed by atoms with Gasteiger partial charge in [-0.15, -0.1) is 0 Å². The molecule has 0 bridgehead atoms. The number of nitrogens with zero attached hydrogens (tertiary/aromatic N) is 2. The maximum Gasteiger partial charge on any atom is 0.416 e. The van der Waals surface area contributed by atoms with Crippen LogP contribution in [0.5, 0.6) is 0 Å². The molecule has 0 spiro atoms. The number of hydrogen-bond acceptors (Lipinski definition) is 4. The van der Waals surface area contributed by atoms with E-state index in [1.807, 2.05) is 19.1 Å². The zero-order valence-corrected chi connectivity index (χ0v) is 23.6. The monoisotopic (exact) mass is 595 g/mol. The third-order valence-electron chi connectivity index (χ3n) is 6.11. The molecule has 3 aromatic rings. The van der Waals surface area contributed by atoms with E-state index in [0.29, 0.717) is 22.5 Å². The van der Waals surface area contributed by atoms with E-state index in [-0.39, 0.29) is 16.5 Å². The molecule has 214 valence electrons. The summed E-state index contributed by atoms with van der Waals surface area (Å²) in [6, 6.07) is 15.4. The number of rotatable bonds is 10. The molecule has 2 amide bonds. The minimum absolute atomic E-state index is 0.0473. The summed E-state index contributed by atoms with van der Waals surface area (Å²) in [6.07, 6.45) is -4.80. The van der Waals surface area contributed by atoms with Gasteiger partial charge >= 0.3 is 6.18 Å². The lowest BCUT2D eigenvalue weighted by Crippen LogP contribution is -2.51. The quantitative estimate of drug-likeness (QED) is 0.339. The first-order chi connectivity index (χ1) is 18.8. The first kappa shape index (κ1) is 31.0. The molecule has 1 N–H and O–H groups in total. The Morgan fingerprint density at radius 3 is 2.27 bits per heavy atom. The van der Waals surface area contributed by atoms with Gasteiger partial charge in [-0.1, -0.05) is 59.6 Å². The molecule has 0 radical (unpaired) electrons. The maximum atomic E-state index is 13.8. The third kappa shape index (κ3) is 7.33. The van der Waals surface area contributed by atoms with Crippen molar-refractivity contribution in [2.45, 2.75) is 44.4 Å². The van der Waals surface area contributed by atoms with E-state index in [9.17, 15) is 31.2 Å². The van der Waals surface area contributed by atoms with Gasteiger partial charge < -0.3 is 10.2 Å². The van der Waals surface area contributed by atoms with Crippen LogP contribution in [-0.4, -0.2) is 44.3 Å². The van der Waals surface area contributed by atoms with Gasteiger partial charge in [-0.2, -0.15) is 13.2 Å². The average Bonchev–Trinajstić information content (AvgIpc) is 2.90. The van der Waals surface area contributed by atoms with Gasteiger partial charge in [-0.25, -0.2) is 8.42 Å². The van der Waals surface area contributed by atoms with Gasteiger partial charge in [0.15, 0.2) is 0 Å². The fraction of sp³-hybridized carbons (Fsp3) is 0.286. The van der Waals surface area contributed by atoms with Gasteiger partial charge in [0.05, 0.1) is 21.2 Å². The Labute approximate surface area is 236 Å². The molecule has 3 aromatic carbocycles. The van der Waals surface area contributed by atoms with Crippen molar-refractivity contribution in [2.24, 2.45) is 0 Å². The van der Waals surface area contributed by atoms with E-state index < -0.39 is 51.9 Å². The largest absolute Gasteiger partial charge is 0.416 e. The maximum absolute atomic E-state index is 13.8. The standard InChI is InChI=1S/C28H29ClF3N3O4S/c1-4-33-27(37)20(3)34(17-21-10-8-9-19(2)15-21)26(36)18-35(40(38,39)23-11-6-5-7-12-23)25-16-22(28(30,31)32)13-14-24(25)29/h5-16,20H,4,17-18H2,1-3H3,(H,33,37)/t20-/m1/s1. The van der Waals surface area contributed by atoms with Gasteiger partial charge in [0.25, 0.3) is 10.0 Å². The number of sulfonamides is 1. The first-order valence-electron chi connectivity index (χ1n) is 12.3. The number of benzene rings is 3. The minimum atomic E-state index is -4.80. The van der Waals surface area contributed by atoms with Gasteiger partial charge in [0.1, 0.15) is 12.6 Å². The summed E-state index contributed by atoms with van der Waals surface area (Å²) in [5.74, 6) is -1.29. The lowest BCUT2D eigenvalue weighted by molar-refractivity contribution is -0.139. The topological polar surface area (TPSA) is 86.8 Å². The summed E-state index contributed by atoms with van der Waals surface area (Å²) in [5, 5.41) is 2.34. The number of alkyl halides is 3. The molecular weight excluding hydrogens is 567 g/mol. The highest BCUT2D eigenvalue weighted by Gasteiger charge is 2.36. The van der Waals surface area contributed by atoms with Crippen molar-refractivity contribution in [3.8, 4) is 0 Å². The number of likely N-dealkylation sites (N-methyl/N-ethyl adjacent to an activating group) is 1. The molecule has 0 aliphatic rings. The SMILES string of the molecule is CCNC(=O)[C@@H](C)N(Cc1cccc(C)c1)C(=O)CN(c1cc(C(F)(F)F)ccc1Cl)S(=O)(=O)c1ccccc1. The smallest absolute Gasteiger partial charge is 0.355 e. The molecule has 12 heteroatoms. The van der Waals surface area contributed by atoms with E-state index in [1.54, 1.807) is 25.1 Å². The van der Waals surface area contributed by atoms with Crippen LogP contribution >= 0.6 is 11.6 Å². The van der Waals surface area contributed by atoms with Gasteiger partial charge in [-0.3, -0.25) is 13.9 Å². The van der Waals surface area contributed by atoms with Crippen LogP contribution in [0.3, 0.4) is 0 Å². The molecule has 1 atom stereocenters. The number of hydrogen-bond donors (Lipinski definition) is 1. The van der Waals surface area contributed by atoms with Gasteiger partial charge in [0, 0.05) is 13.1 Å². The Bertz CT molecular complexity index is 1470. The number of halogens is 4. The van der Waals surface area contributed by atoms with Crippen LogP contribution < -0.4 is 9.62 Å². The van der Waals surface area contributed by atoms with Gasteiger partial charge in [0.2, 0.25) is 11.8 Å². The molecule has 0 saturated heterocycles. The lowest BCUT2D eigenvalue weighted by Gasteiger charge is -2.32. The molecule has 0 unspecified atom stereocenters. The molecule has 7 nitrogen and oxygen atoms in total. The van der Waals surface area contributed by atoms with Crippen molar-refractivity contribution in [1.29, 1.82) is 0 Å². The van der Waals surface area contributed by atoms with Crippen molar-refractivity contribution >= 4 is 39.1 Å². The Kier molecular flexibility index (Phi) is 9.86. The fourth-order valence-electron chi connectivity index (χ4n) is 4.02. The summed E-state index contributed by atoms with van der Waals surface area (Å²) in [5.41, 5.74) is -0.0755. The number of carbonyl (C=O) groups excluding carboxylic acids is 2. The molecule has 3 rings (SSSR count). The Balaban J connectivity index is 2.13. The zero-order chi connectivity index (χ0) is 29.7. The van der Waals surface area contributed by atoms with Crippen LogP contribution in [0.15, 0.2) is 77.7 Å². The van der Waals surface area contributed by atoms with Gasteiger partial charge in [-0.05, 0) is 56.7 Å². The summed E-state index contributed by atoms with van der Waals surface area (Å²) in [6.45, 7) is 4.39. The minimum Gasteiger partial charge on any atom is -0.355 e. The highest BCUT2D eigenvalue weighted by atomic mass is 35.5. The van der Waals surface area contributed by atoms with E-state index in [1.165, 1.54) is 36.1 Å². The normalized spacial score (nSPS) is 12.5. The predicted molar refractivity (Wildman–Crippen MR) is 147 cm³/mol. The highest BCUT2D eigenvalue weighted by molar-refractivity contribution is 7.92. The van der Waals surface area contributed by atoms with Crippen molar-refractivity contribution in [2.75, 3.05) is 17.4 Å². The molecule has 0 heterocycles. The molecule has 0 aliphatic carbocycles. The molecule has 0 aliphatic heterocycles. The molecule has 0 saturated carbocycles. The predicted octanol–water partition coefficient (Wildman–Crippen LogP) is 5.42. The van der Waals surface area contributed by atoms with Crippen molar-refractivity contribution in [3.63, 3.8) is 0 Å². The third-order valence-corrected chi connectivity index (χ3v) is 8.20. The highest BCUT2D eigenvalue weighted by Crippen LogP contribution is 2.37. The summed E-state index contributed by atoms with van der Waals surface area (Å²) < 4.78 is 68.8. The van der Waals surface area contributed by atoms with E-state index in [0.717, 1.165) is 17.7 Å². The second kappa shape index (κ2) is 12.7. The number of nitrogens with one attached hydrogen (secondary N) is 1. The van der Waals surface area contributed by atoms with Crippen molar-refractivity contribution in [3.05, 3.63) is 94.5 Å². The zero-order valence-electron chi connectivity index (χ0n) is 22.1. The first-order valence-corrected chi connectivity index (χ1v) is 14.1. The van der Waals surface area contributed by atoms with Crippen LogP contribution in [0.25, 0.3) is 0 Å². The second-order valence-electron chi connectivity index (χ2n) is 9.07. The van der Waals surface area contributed by atoms with Crippen molar-refractivity contribution < 1.29 is 31.2 Å².